The van der Waals surface area contributed by atoms with Crippen molar-refractivity contribution in [2.24, 2.45) is 5.73 Å². The number of hydrogen-bond donors (Lipinski definition) is 1. The van der Waals surface area contributed by atoms with Crippen LogP contribution < -0.4 is 10.5 Å². The molecule has 2 nitrogen and oxygen atoms in total. The summed E-state index contributed by atoms with van der Waals surface area (Å²) in [5, 5.41) is 0. The molecule has 0 aliphatic heterocycles. The van der Waals surface area contributed by atoms with Gasteiger partial charge in [-0.1, -0.05) is 12.1 Å². The summed E-state index contributed by atoms with van der Waals surface area (Å²) in [5.41, 5.74) is 8.22. The van der Waals surface area contributed by atoms with Crippen molar-refractivity contribution in [3.05, 3.63) is 29.3 Å². The number of ether oxygens (including phenoxy) is 1. The van der Waals surface area contributed by atoms with Crippen LogP contribution in [0.25, 0.3) is 0 Å². The Labute approximate surface area is 91.4 Å². The first kappa shape index (κ1) is 10.5. The highest BCUT2D eigenvalue weighted by molar-refractivity contribution is 5.41. The molecule has 0 spiro atoms. The largest absolute Gasteiger partial charge is 0.496 e. The van der Waals surface area contributed by atoms with Crippen molar-refractivity contribution in [2.45, 2.75) is 31.6 Å². The summed E-state index contributed by atoms with van der Waals surface area (Å²) in [7, 11) is 1.76. The maximum atomic E-state index is 5.50. The normalized spacial score (nSPS) is 15.3. The van der Waals surface area contributed by atoms with Crippen LogP contribution in [0.5, 0.6) is 5.75 Å². The van der Waals surface area contributed by atoms with E-state index in [1.807, 2.05) is 0 Å². The van der Waals surface area contributed by atoms with Crippen molar-refractivity contribution in [1.29, 1.82) is 0 Å². The molecule has 15 heavy (non-hydrogen) atoms. The van der Waals surface area contributed by atoms with Gasteiger partial charge in [-0.05, 0) is 55.3 Å². The Balaban J connectivity index is 2.14. The lowest BCUT2D eigenvalue weighted by molar-refractivity contribution is 0.409. The van der Waals surface area contributed by atoms with Crippen LogP contribution in [-0.2, 0) is 6.42 Å². The molecule has 0 radical (unpaired) electrons. The molecule has 0 saturated heterocycles. The van der Waals surface area contributed by atoms with Gasteiger partial charge in [0, 0.05) is 0 Å². The van der Waals surface area contributed by atoms with Crippen LogP contribution >= 0.6 is 0 Å². The lowest BCUT2D eigenvalue weighted by Gasteiger charge is -2.09. The fourth-order valence-corrected chi connectivity index (χ4v) is 1.95. The van der Waals surface area contributed by atoms with E-state index in [1.54, 1.807) is 7.11 Å². The van der Waals surface area contributed by atoms with E-state index in [0.717, 1.165) is 31.1 Å². The average molecular weight is 205 g/mol. The first-order chi connectivity index (χ1) is 7.35. The van der Waals surface area contributed by atoms with E-state index in [2.05, 4.69) is 18.2 Å². The van der Waals surface area contributed by atoms with E-state index in [-0.39, 0.29) is 0 Å². The molecule has 1 aromatic carbocycles. The maximum Gasteiger partial charge on any atom is 0.122 e. The molecule has 0 aromatic heterocycles. The van der Waals surface area contributed by atoms with Crippen LogP contribution in [0.4, 0.5) is 0 Å². The lowest BCUT2D eigenvalue weighted by Crippen LogP contribution is -2.01. The van der Waals surface area contributed by atoms with E-state index < -0.39 is 0 Å². The van der Waals surface area contributed by atoms with Gasteiger partial charge in [0.15, 0.2) is 0 Å². The summed E-state index contributed by atoms with van der Waals surface area (Å²) in [6.45, 7) is 0.757. The molecule has 82 valence electrons. The van der Waals surface area contributed by atoms with Crippen molar-refractivity contribution in [1.82, 2.24) is 0 Å². The Morgan fingerprint density at radius 2 is 2.20 bits per heavy atom. The molecule has 1 aliphatic rings. The zero-order chi connectivity index (χ0) is 10.7. The van der Waals surface area contributed by atoms with Gasteiger partial charge in [-0.15, -0.1) is 0 Å². The second-order valence-electron chi connectivity index (χ2n) is 4.24. The van der Waals surface area contributed by atoms with E-state index in [1.165, 1.54) is 24.0 Å². The molecule has 0 heterocycles. The minimum atomic E-state index is 0.753. The Hall–Kier alpha value is -1.02. The highest BCUT2D eigenvalue weighted by atomic mass is 16.5. The van der Waals surface area contributed by atoms with E-state index >= 15 is 0 Å². The molecule has 0 amide bonds. The van der Waals surface area contributed by atoms with Crippen molar-refractivity contribution in [2.75, 3.05) is 13.7 Å². The molecule has 0 bridgehead atoms. The Morgan fingerprint density at radius 1 is 1.40 bits per heavy atom. The van der Waals surface area contributed by atoms with Gasteiger partial charge in [-0.2, -0.15) is 0 Å². The van der Waals surface area contributed by atoms with Gasteiger partial charge in [0.1, 0.15) is 5.75 Å². The van der Waals surface area contributed by atoms with Crippen LogP contribution in [0.2, 0.25) is 0 Å². The molecule has 1 fully saturated rings. The maximum absolute atomic E-state index is 5.50. The molecule has 0 atom stereocenters. The van der Waals surface area contributed by atoms with Gasteiger partial charge in [0.05, 0.1) is 7.11 Å². The van der Waals surface area contributed by atoms with E-state index in [4.69, 9.17) is 10.5 Å². The Bertz CT molecular complexity index is 331. The van der Waals surface area contributed by atoms with Gasteiger partial charge >= 0.3 is 0 Å². The Morgan fingerprint density at radius 3 is 2.80 bits per heavy atom. The minimum absolute atomic E-state index is 0.753. The van der Waals surface area contributed by atoms with Gasteiger partial charge in [0.25, 0.3) is 0 Å². The molecule has 2 N–H and O–H groups in total. The second-order valence-corrected chi connectivity index (χ2v) is 4.24. The van der Waals surface area contributed by atoms with Crippen LogP contribution in [0.1, 0.15) is 36.3 Å². The second kappa shape index (κ2) is 4.67. The SMILES string of the molecule is COc1cc(CCCN)ccc1C1CC1. The number of hydrogen-bond acceptors (Lipinski definition) is 2. The number of benzene rings is 1. The molecule has 1 aliphatic carbocycles. The quantitative estimate of drug-likeness (QED) is 0.801. The molecule has 1 saturated carbocycles. The van der Waals surface area contributed by atoms with Crippen LogP contribution in [0.15, 0.2) is 18.2 Å². The monoisotopic (exact) mass is 205 g/mol. The van der Waals surface area contributed by atoms with Crippen molar-refractivity contribution in [3.63, 3.8) is 0 Å². The first-order valence-electron chi connectivity index (χ1n) is 5.72. The average Bonchev–Trinajstić information content (AvgIpc) is 3.09. The van der Waals surface area contributed by atoms with Crippen LogP contribution in [0, 0.1) is 0 Å². The third kappa shape index (κ3) is 2.51. The predicted molar refractivity (Wildman–Crippen MR) is 62.3 cm³/mol. The fourth-order valence-electron chi connectivity index (χ4n) is 1.95. The zero-order valence-corrected chi connectivity index (χ0v) is 9.33. The van der Waals surface area contributed by atoms with Crippen molar-refractivity contribution in [3.8, 4) is 5.75 Å². The fraction of sp³-hybridized carbons (Fsp3) is 0.538. The topological polar surface area (TPSA) is 35.2 Å². The third-order valence-corrected chi connectivity index (χ3v) is 2.98. The summed E-state index contributed by atoms with van der Waals surface area (Å²) in [5.74, 6) is 1.82. The van der Waals surface area contributed by atoms with Gasteiger partial charge in [-0.3, -0.25) is 0 Å². The van der Waals surface area contributed by atoms with Gasteiger partial charge in [-0.25, -0.2) is 0 Å². The number of rotatable bonds is 5. The van der Waals surface area contributed by atoms with Gasteiger partial charge in [0.2, 0.25) is 0 Å². The summed E-state index contributed by atoms with van der Waals surface area (Å²) in [6, 6.07) is 6.61. The van der Waals surface area contributed by atoms with Gasteiger partial charge < -0.3 is 10.5 Å². The summed E-state index contributed by atoms with van der Waals surface area (Å²) < 4.78 is 5.44. The van der Waals surface area contributed by atoms with E-state index in [9.17, 15) is 0 Å². The molecule has 1 aromatic rings. The summed E-state index contributed by atoms with van der Waals surface area (Å²) >= 11 is 0. The first-order valence-corrected chi connectivity index (χ1v) is 5.72. The summed E-state index contributed by atoms with van der Waals surface area (Å²) in [6.07, 6.45) is 4.74. The highest BCUT2D eigenvalue weighted by Crippen LogP contribution is 2.44. The molecule has 2 rings (SSSR count). The van der Waals surface area contributed by atoms with Crippen LogP contribution in [0.3, 0.4) is 0 Å². The Kier molecular flexibility index (Phi) is 3.27. The molecular weight excluding hydrogens is 186 g/mol. The zero-order valence-electron chi connectivity index (χ0n) is 9.33. The number of methoxy groups -OCH3 is 1. The lowest BCUT2D eigenvalue weighted by atomic mass is 10.0. The van der Waals surface area contributed by atoms with Crippen molar-refractivity contribution < 1.29 is 4.74 Å². The standard InChI is InChI=1S/C13H19NO/c1-15-13-9-10(3-2-8-14)4-7-12(13)11-5-6-11/h4,7,9,11H,2-3,5-6,8,14H2,1H3. The number of aryl methyl sites for hydroxylation is 1. The third-order valence-electron chi connectivity index (χ3n) is 2.98. The minimum Gasteiger partial charge on any atom is -0.496 e. The van der Waals surface area contributed by atoms with E-state index in [0.29, 0.717) is 0 Å². The molecule has 2 heteroatoms. The summed E-state index contributed by atoms with van der Waals surface area (Å²) in [4.78, 5) is 0. The van der Waals surface area contributed by atoms with Crippen molar-refractivity contribution >= 4 is 0 Å². The van der Waals surface area contributed by atoms with Crippen LogP contribution in [-0.4, -0.2) is 13.7 Å². The smallest absolute Gasteiger partial charge is 0.122 e. The number of nitrogens with two attached hydrogens (primary N) is 1. The molecular formula is C13H19NO. The predicted octanol–water partition coefficient (Wildman–Crippen LogP) is 2.46. The highest BCUT2D eigenvalue weighted by Gasteiger charge is 2.26. The molecule has 0 unspecified atom stereocenters.